The van der Waals surface area contributed by atoms with Crippen molar-refractivity contribution in [1.29, 1.82) is 0 Å². The van der Waals surface area contributed by atoms with Crippen LogP contribution in [0.15, 0.2) is 61.1 Å². The topological polar surface area (TPSA) is 58.0 Å². The molecule has 0 spiro atoms. The van der Waals surface area contributed by atoms with Crippen molar-refractivity contribution in [3.63, 3.8) is 0 Å². The fourth-order valence-corrected chi connectivity index (χ4v) is 3.49. The highest BCUT2D eigenvalue weighted by Gasteiger charge is 2.18. The summed E-state index contributed by atoms with van der Waals surface area (Å²) in [5, 5.41) is 14.2. The lowest BCUT2D eigenvalue weighted by Crippen LogP contribution is -2.36. The Morgan fingerprint density at radius 3 is 2.67 bits per heavy atom. The van der Waals surface area contributed by atoms with Gasteiger partial charge in [0.1, 0.15) is 5.01 Å². The lowest BCUT2D eigenvalue weighted by Gasteiger charge is -2.23. The van der Waals surface area contributed by atoms with Gasteiger partial charge in [-0.15, -0.1) is 11.3 Å². The molecule has 0 amide bonds. The van der Waals surface area contributed by atoms with Crippen LogP contribution in [-0.4, -0.2) is 27.7 Å². The van der Waals surface area contributed by atoms with Gasteiger partial charge in [-0.1, -0.05) is 37.3 Å². The molecule has 0 aliphatic carbocycles. The van der Waals surface area contributed by atoms with E-state index in [1.807, 2.05) is 42.7 Å². The monoisotopic (exact) mass is 339 g/mol. The smallest absolute Gasteiger partial charge is 0.125 e. The fraction of sp³-hybridized carbons (Fsp3) is 0.263. The van der Waals surface area contributed by atoms with Crippen LogP contribution in [0.3, 0.4) is 0 Å². The molecule has 2 N–H and O–H groups in total. The van der Waals surface area contributed by atoms with E-state index in [9.17, 15) is 5.11 Å². The van der Waals surface area contributed by atoms with E-state index in [0.717, 1.165) is 15.4 Å². The first-order valence-corrected chi connectivity index (χ1v) is 8.84. The number of pyridine rings is 1. The van der Waals surface area contributed by atoms with E-state index < -0.39 is 0 Å². The van der Waals surface area contributed by atoms with E-state index in [4.69, 9.17) is 0 Å². The van der Waals surface area contributed by atoms with Crippen molar-refractivity contribution in [3.05, 3.63) is 71.5 Å². The number of benzene rings is 1. The molecule has 2 aromatic heterocycles. The molecule has 0 unspecified atom stereocenters. The molecule has 3 aromatic rings. The van der Waals surface area contributed by atoms with Gasteiger partial charge in [-0.05, 0) is 23.6 Å². The summed E-state index contributed by atoms with van der Waals surface area (Å²) < 4.78 is 0. The maximum Gasteiger partial charge on any atom is 0.125 e. The van der Waals surface area contributed by atoms with Crippen molar-refractivity contribution in [2.75, 3.05) is 6.61 Å². The third-order valence-electron chi connectivity index (χ3n) is 4.13. The van der Waals surface area contributed by atoms with Gasteiger partial charge < -0.3 is 10.4 Å². The Morgan fingerprint density at radius 2 is 1.96 bits per heavy atom. The van der Waals surface area contributed by atoms with Crippen molar-refractivity contribution < 1.29 is 5.11 Å². The van der Waals surface area contributed by atoms with Gasteiger partial charge in [-0.3, -0.25) is 4.98 Å². The Balaban J connectivity index is 1.63. The number of aliphatic hydroxyl groups is 1. The quantitative estimate of drug-likeness (QED) is 0.692. The second kappa shape index (κ2) is 8.15. The third-order valence-corrected chi connectivity index (χ3v) is 5.17. The zero-order chi connectivity index (χ0) is 16.8. The van der Waals surface area contributed by atoms with Crippen molar-refractivity contribution in [2.45, 2.75) is 25.4 Å². The summed E-state index contributed by atoms with van der Waals surface area (Å²) >= 11 is 1.65. The van der Waals surface area contributed by atoms with Crippen LogP contribution in [0.1, 0.15) is 23.3 Å². The standard InChI is InChI=1S/C19H21N3OS/c1-14(15-6-3-2-4-7-15)18(13-23)21-11-17-12-22-19(24-17)16-8-5-9-20-10-16/h2-10,12,14,18,21,23H,11,13H2,1H3/t14-,18-/m0/s1. The highest BCUT2D eigenvalue weighted by molar-refractivity contribution is 7.15. The Morgan fingerprint density at radius 1 is 1.12 bits per heavy atom. The molecule has 124 valence electrons. The number of hydrogen-bond donors (Lipinski definition) is 2. The zero-order valence-corrected chi connectivity index (χ0v) is 14.4. The molecular formula is C19H21N3OS. The molecule has 4 nitrogen and oxygen atoms in total. The molecule has 0 aliphatic heterocycles. The third kappa shape index (κ3) is 4.06. The van der Waals surface area contributed by atoms with Crippen LogP contribution in [0.4, 0.5) is 0 Å². The van der Waals surface area contributed by atoms with Crippen LogP contribution >= 0.6 is 11.3 Å². The summed E-state index contributed by atoms with van der Waals surface area (Å²) in [6, 6.07) is 14.2. The average Bonchev–Trinajstić information content (AvgIpc) is 3.12. The van der Waals surface area contributed by atoms with E-state index in [1.165, 1.54) is 5.56 Å². The minimum absolute atomic E-state index is 0.0105. The van der Waals surface area contributed by atoms with Crippen LogP contribution in [0.25, 0.3) is 10.6 Å². The lowest BCUT2D eigenvalue weighted by atomic mass is 9.94. The van der Waals surface area contributed by atoms with E-state index in [0.29, 0.717) is 6.54 Å². The maximum absolute atomic E-state index is 9.74. The summed E-state index contributed by atoms with van der Waals surface area (Å²) in [5.74, 6) is 0.238. The van der Waals surface area contributed by atoms with Crippen LogP contribution < -0.4 is 5.32 Å². The minimum atomic E-state index is 0.0105. The van der Waals surface area contributed by atoms with E-state index >= 15 is 0 Å². The van der Waals surface area contributed by atoms with Gasteiger partial charge in [0.15, 0.2) is 0 Å². The Bertz CT molecular complexity index is 746. The summed E-state index contributed by atoms with van der Waals surface area (Å²) in [5.41, 5.74) is 2.26. The normalized spacial score (nSPS) is 13.6. The van der Waals surface area contributed by atoms with Gasteiger partial charge in [-0.2, -0.15) is 0 Å². The summed E-state index contributed by atoms with van der Waals surface area (Å²) in [6.45, 7) is 2.93. The molecule has 24 heavy (non-hydrogen) atoms. The first kappa shape index (κ1) is 16.8. The van der Waals surface area contributed by atoms with E-state index in [-0.39, 0.29) is 18.6 Å². The van der Waals surface area contributed by atoms with Gasteiger partial charge >= 0.3 is 0 Å². The second-order valence-electron chi connectivity index (χ2n) is 5.74. The first-order chi connectivity index (χ1) is 11.8. The summed E-state index contributed by atoms with van der Waals surface area (Å²) in [7, 11) is 0. The van der Waals surface area contributed by atoms with Crippen LogP contribution in [0.5, 0.6) is 0 Å². The molecule has 0 saturated carbocycles. The molecule has 0 saturated heterocycles. The number of rotatable bonds is 7. The van der Waals surface area contributed by atoms with Crippen molar-refractivity contribution in [2.24, 2.45) is 0 Å². The highest BCUT2D eigenvalue weighted by Crippen LogP contribution is 2.25. The highest BCUT2D eigenvalue weighted by atomic mass is 32.1. The van der Waals surface area contributed by atoms with Gasteiger partial charge in [0.2, 0.25) is 0 Å². The summed E-state index contributed by atoms with van der Waals surface area (Å²) in [4.78, 5) is 9.75. The number of aromatic nitrogens is 2. The average molecular weight is 339 g/mol. The Labute approximate surface area is 146 Å². The first-order valence-electron chi connectivity index (χ1n) is 8.02. The number of thiazole rings is 1. The Hall–Kier alpha value is -2.08. The zero-order valence-electron chi connectivity index (χ0n) is 13.6. The van der Waals surface area contributed by atoms with Crippen LogP contribution in [-0.2, 0) is 6.54 Å². The largest absolute Gasteiger partial charge is 0.395 e. The van der Waals surface area contributed by atoms with Crippen LogP contribution in [0, 0.1) is 0 Å². The maximum atomic E-state index is 9.74. The van der Waals surface area contributed by atoms with Gasteiger partial charge in [0.05, 0.1) is 6.61 Å². The van der Waals surface area contributed by atoms with Crippen molar-refractivity contribution in [1.82, 2.24) is 15.3 Å². The minimum Gasteiger partial charge on any atom is -0.395 e. The molecule has 0 bridgehead atoms. The number of hydrogen-bond acceptors (Lipinski definition) is 5. The summed E-state index contributed by atoms with van der Waals surface area (Å²) in [6.07, 6.45) is 5.47. The lowest BCUT2D eigenvalue weighted by molar-refractivity contribution is 0.226. The Kier molecular flexibility index (Phi) is 5.69. The molecule has 3 rings (SSSR count). The second-order valence-corrected chi connectivity index (χ2v) is 6.86. The predicted molar refractivity (Wildman–Crippen MR) is 97.9 cm³/mol. The number of nitrogens with one attached hydrogen (secondary N) is 1. The van der Waals surface area contributed by atoms with Crippen molar-refractivity contribution in [3.8, 4) is 10.6 Å². The van der Waals surface area contributed by atoms with Gasteiger partial charge in [0, 0.05) is 41.6 Å². The SMILES string of the molecule is C[C@@H](c1ccccc1)[C@H](CO)NCc1cnc(-c2cccnc2)s1. The molecule has 0 radical (unpaired) electrons. The fourth-order valence-electron chi connectivity index (χ4n) is 2.63. The molecular weight excluding hydrogens is 318 g/mol. The molecule has 0 fully saturated rings. The molecule has 0 aliphatic rings. The number of aliphatic hydroxyl groups excluding tert-OH is 1. The van der Waals surface area contributed by atoms with E-state index in [2.05, 4.69) is 34.3 Å². The van der Waals surface area contributed by atoms with Crippen molar-refractivity contribution >= 4 is 11.3 Å². The molecule has 1 aromatic carbocycles. The van der Waals surface area contributed by atoms with Gasteiger partial charge in [-0.25, -0.2) is 4.98 Å². The molecule has 2 atom stereocenters. The van der Waals surface area contributed by atoms with E-state index in [1.54, 1.807) is 17.5 Å². The molecule has 2 heterocycles. The molecule has 5 heteroatoms. The van der Waals surface area contributed by atoms with Crippen LogP contribution in [0.2, 0.25) is 0 Å². The number of nitrogens with zero attached hydrogens (tertiary/aromatic N) is 2. The predicted octanol–water partition coefficient (Wildman–Crippen LogP) is 3.46. The van der Waals surface area contributed by atoms with Gasteiger partial charge in [0.25, 0.3) is 0 Å².